The minimum absolute atomic E-state index is 0.144. The van der Waals surface area contributed by atoms with Crippen molar-refractivity contribution in [1.29, 1.82) is 0 Å². The molecule has 0 bridgehead atoms. The van der Waals surface area contributed by atoms with Crippen molar-refractivity contribution >= 4 is 39.0 Å². The minimum atomic E-state index is -0.601. The number of hydrogen-bond acceptors (Lipinski definition) is 2. The lowest BCUT2D eigenvalue weighted by molar-refractivity contribution is 0.0946. The maximum atomic E-state index is 13.3. The standard InChI is InChI=1S/C15H12BrFN2OS/c16-11-6-10(7-12(17)8-11)15(20)19-13(14(18)21)9-4-2-1-3-5-9/h1-8,13H,(H2,18,21)(H,19,20). The van der Waals surface area contributed by atoms with Crippen LogP contribution in [0.25, 0.3) is 0 Å². The van der Waals surface area contributed by atoms with Gasteiger partial charge in [0.25, 0.3) is 5.91 Å². The van der Waals surface area contributed by atoms with E-state index in [0.717, 1.165) is 11.6 Å². The van der Waals surface area contributed by atoms with E-state index < -0.39 is 17.8 Å². The highest BCUT2D eigenvalue weighted by molar-refractivity contribution is 9.10. The summed E-state index contributed by atoms with van der Waals surface area (Å²) >= 11 is 8.15. The Balaban J connectivity index is 2.25. The van der Waals surface area contributed by atoms with Gasteiger partial charge in [-0.1, -0.05) is 58.5 Å². The van der Waals surface area contributed by atoms with Gasteiger partial charge in [0.15, 0.2) is 0 Å². The smallest absolute Gasteiger partial charge is 0.252 e. The Kier molecular flexibility index (Phi) is 5.03. The van der Waals surface area contributed by atoms with Crippen LogP contribution < -0.4 is 11.1 Å². The predicted molar refractivity (Wildman–Crippen MR) is 87.5 cm³/mol. The Labute approximate surface area is 135 Å². The molecule has 0 aliphatic heterocycles. The van der Waals surface area contributed by atoms with Gasteiger partial charge in [-0.15, -0.1) is 0 Å². The summed E-state index contributed by atoms with van der Waals surface area (Å²) in [6, 6.07) is 12.5. The molecule has 3 nitrogen and oxygen atoms in total. The highest BCUT2D eigenvalue weighted by Gasteiger charge is 2.18. The summed E-state index contributed by atoms with van der Waals surface area (Å²) < 4.78 is 13.8. The van der Waals surface area contributed by atoms with Crippen LogP contribution in [0.5, 0.6) is 0 Å². The molecule has 0 saturated carbocycles. The van der Waals surface area contributed by atoms with E-state index in [-0.39, 0.29) is 10.6 Å². The first kappa shape index (κ1) is 15.6. The lowest BCUT2D eigenvalue weighted by atomic mass is 10.1. The van der Waals surface area contributed by atoms with Crippen LogP contribution in [0.3, 0.4) is 0 Å². The quantitative estimate of drug-likeness (QED) is 0.815. The molecular formula is C15H12BrFN2OS. The van der Waals surface area contributed by atoms with Gasteiger partial charge in [-0.3, -0.25) is 4.79 Å². The molecule has 6 heteroatoms. The van der Waals surface area contributed by atoms with Crippen molar-refractivity contribution in [2.45, 2.75) is 6.04 Å². The minimum Gasteiger partial charge on any atom is -0.391 e. The summed E-state index contributed by atoms with van der Waals surface area (Å²) in [5.41, 5.74) is 6.65. The van der Waals surface area contributed by atoms with Crippen molar-refractivity contribution < 1.29 is 9.18 Å². The molecule has 2 aromatic carbocycles. The van der Waals surface area contributed by atoms with Crippen molar-refractivity contribution in [3.05, 3.63) is 69.9 Å². The number of nitrogens with two attached hydrogens (primary N) is 1. The number of halogens is 2. The largest absolute Gasteiger partial charge is 0.391 e. The summed E-state index contributed by atoms with van der Waals surface area (Å²) in [5.74, 6) is -0.946. The fourth-order valence-electron chi connectivity index (χ4n) is 1.86. The molecule has 0 aliphatic carbocycles. The average molecular weight is 367 g/mol. The third kappa shape index (κ3) is 4.09. The van der Waals surface area contributed by atoms with Gasteiger partial charge >= 0.3 is 0 Å². The SMILES string of the molecule is NC(=S)C(NC(=O)c1cc(F)cc(Br)c1)c1ccccc1. The molecule has 108 valence electrons. The average Bonchev–Trinajstić information content (AvgIpc) is 2.44. The van der Waals surface area contributed by atoms with Crippen LogP contribution in [0.2, 0.25) is 0 Å². The van der Waals surface area contributed by atoms with Crippen molar-refractivity contribution in [2.75, 3.05) is 0 Å². The zero-order valence-corrected chi connectivity index (χ0v) is 13.2. The molecule has 21 heavy (non-hydrogen) atoms. The number of benzene rings is 2. The number of hydrogen-bond donors (Lipinski definition) is 2. The summed E-state index contributed by atoms with van der Waals surface area (Å²) in [6.45, 7) is 0. The predicted octanol–water partition coefficient (Wildman–Crippen LogP) is 3.35. The fraction of sp³-hybridized carbons (Fsp3) is 0.0667. The maximum Gasteiger partial charge on any atom is 0.252 e. The topological polar surface area (TPSA) is 55.1 Å². The Morgan fingerprint density at radius 1 is 1.24 bits per heavy atom. The molecule has 2 aromatic rings. The maximum absolute atomic E-state index is 13.3. The summed E-state index contributed by atoms with van der Waals surface area (Å²) in [6.07, 6.45) is 0. The van der Waals surface area contributed by atoms with Crippen LogP contribution in [0.1, 0.15) is 22.0 Å². The number of thiocarbonyl (C=S) groups is 1. The summed E-state index contributed by atoms with van der Waals surface area (Å²) in [5, 5.41) is 2.71. The second-order valence-electron chi connectivity index (χ2n) is 4.38. The van der Waals surface area contributed by atoms with E-state index in [1.165, 1.54) is 12.1 Å². The van der Waals surface area contributed by atoms with E-state index in [4.69, 9.17) is 18.0 Å². The van der Waals surface area contributed by atoms with Crippen LogP contribution in [-0.4, -0.2) is 10.9 Å². The van der Waals surface area contributed by atoms with E-state index >= 15 is 0 Å². The molecule has 0 radical (unpaired) electrons. The van der Waals surface area contributed by atoms with E-state index in [2.05, 4.69) is 21.2 Å². The number of amides is 1. The molecule has 2 rings (SSSR count). The summed E-state index contributed by atoms with van der Waals surface area (Å²) in [7, 11) is 0. The first-order chi connectivity index (χ1) is 9.97. The van der Waals surface area contributed by atoms with Gasteiger partial charge in [-0.25, -0.2) is 4.39 Å². The summed E-state index contributed by atoms with van der Waals surface area (Å²) in [4.78, 5) is 12.4. The Hall–Kier alpha value is -1.79. The van der Waals surface area contributed by atoms with Crippen LogP contribution in [0, 0.1) is 5.82 Å². The van der Waals surface area contributed by atoms with Gasteiger partial charge in [0.2, 0.25) is 0 Å². The van der Waals surface area contributed by atoms with Gasteiger partial charge < -0.3 is 11.1 Å². The highest BCUT2D eigenvalue weighted by atomic mass is 79.9. The first-order valence-electron chi connectivity index (χ1n) is 6.08. The fourth-order valence-corrected chi connectivity index (χ4v) is 2.52. The third-order valence-corrected chi connectivity index (χ3v) is 3.51. The zero-order valence-electron chi connectivity index (χ0n) is 10.8. The van der Waals surface area contributed by atoms with Gasteiger partial charge in [0.1, 0.15) is 16.8 Å². The third-order valence-electron chi connectivity index (χ3n) is 2.82. The van der Waals surface area contributed by atoms with Crippen molar-refractivity contribution in [1.82, 2.24) is 5.32 Å². The lowest BCUT2D eigenvalue weighted by Gasteiger charge is -2.18. The molecule has 3 N–H and O–H groups in total. The van der Waals surface area contributed by atoms with E-state index in [1.807, 2.05) is 30.3 Å². The molecular weight excluding hydrogens is 355 g/mol. The normalized spacial score (nSPS) is 11.7. The van der Waals surface area contributed by atoms with E-state index in [1.54, 1.807) is 0 Å². The van der Waals surface area contributed by atoms with Crippen LogP contribution in [0.4, 0.5) is 4.39 Å². The van der Waals surface area contributed by atoms with Crippen LogP contribution >= 0.6 is 28.1 Å². The molecule has 0 spiro atoms. The second kappa shape index (κ2) is 6.78. The van der Waals surface area contributed by atoms with Gasteiger partial charge in [0, 0.05) is 10.0 Å². The number of carbonyl (C=O) groups excluding carboxylic acids is 1. The second-order valence-corrected chi connectivity index (χ2v) is 5.76. The molecule has 1 unspecified atom stereocenters. The lowest BCUT2D eigenvalue weighted by Crippen LogP contribution is -2.36. The van der Waals surface area contributed by atoms with Gasteiger partial charge in [-0.2, -0.15) is 0 Å². The molecule has 0 fully saturated rings. The van der Waals surface area contributed by atoms with Crippen molar-refractivity contribution in [3.8, 4) is 0 Å². The zero-order chi connectivity index (χ0) is 15.4. The van der Waals surface area contributed by atoms with Crippen LogP contribution in [0.15, 0.2) is 53.0 Å². The monoisotopic (exact) mass is 366 g/mol. The Morgan fingerprint density at radius 2 is 1.90 bits per heavy atom. The molecule has 0 heterocycles. The molecule has 0 aromatic heterocycles. The molecule has 1 atom stereocenters. The highest BCUT2D eigenvalue weighted by Crippen LogP contribution is 2.17. The van der Waals surface area contributed by atoms with Crippen molar-refractivity contribution in [3.63, 3.8) is 0 Å². The van der Waals surface area contributed by atoms with E-state index in [9.17, 15) is 9.18 Å². The van der Waals surface area contributed by atoms with E-state index in [0.29, 0.717) is 4.47 Å². The Bertz CT molecular complexity index is 658. The number of rotatable bonds is 4. The van der Waals surface area contributed by atoms with Crippen molar-refractivity contribution in [2.24, 2.45) is 5.73 Å². The van der Waals surface area contributed by atoms with Crippen LogP contribution in [-0.2, 0) is 0 Å². The number of nitrogens with one attached hydrogen (secondary N) is 1. The Morgan fingerprint density at radius 3 is 2.48 bits per heavy atom. The molecule has 0 saturated heterocycles. The number of carbonyl (C=O) groups is 1. The molecule has 0 aliphatic rings. The first-order valence-corrected chi connectivity index (χ1v) is 7.28. The molecule has 1 amide bonds. The van der Waals surface area contributed by atoms with Gasteiger partial charge in [-0.05, 0) is 23.8 Å². The van der Waals surface area contributed by atoms with Gasteiger partial charge in [0.05, 0.1) is 0 Å².